The van der Waals surface area contributed by atoms with Crippen molar-refractivity contribution in [2.24, 2.45) is 5.92 Å². The lowest BCUT2D eigenvalue weighted by Gasteiger charge is -2.39. The van der Waals surface area contributed by atoms with E-state index in [0.29, 0.717) is 29.4 Å². The highest BCUT2D eigenvalue weighted by Gasteiger charge is 2.49. The number of halogens is 1. The maximum Gasteiger partial charge on any atom is 0.255 e. The van der Waals surface area contributed by atoms with Gasteiger partial charge in [-0.3, -0.25) is 4.79 Å². The van der Waals surface area contributed by atoms with Crippen molar-refractivity contribution in [1.29, 1.82) is 0 Å². The summed E-state index contributed by atoms with van der Waals surface area (Å²) < 4.78 is 14.1. The van der Waals surface area contributed by atoms with E-state index < -0.39 is 5.82 Å². The number of aromatic nitrogens is 3. The Bertz CT molecular complexity index is 1100. The molecular formula is C24H24FN5O. The van der Waals surface area contributed by atoms with Crippen LogP contribution in [0.1, 0.15) is 28.8 Å². The minimum absolute atomic E-state index is 0.0680. The fraction of sp³-hybridized carbons (Fsp3) is 0.333. The van der Waals surface area contributed by atoms with Crippen LogP contribution >= 0.6 is 0 Å². The van der Waals surface area contributed by atoms with Crippen LogP contribution in [-0.2, 0) is 0 Å². The Morgan fingerprint density at radius 2 is 1.94 bits per heavy atom. The zero-order valence-electron chi connectivity index (χ0n) is 17.6. The number of carbonyl (C=O) groups excluding carboxylic acids is 1. The van der Waals surface area contributed by atoms with Crippen molar-refractivity contribution in [3.8, 4) is 11.4 Å². The predicted octanol–water partition coefficient (Wildman–Crippen LogP) is 3.73. The molecule has 2 bridgehead atoms. The van der Waals surface area contributed by atoms with E-state index in [1.165, 1.54) is 12.1 Å². The first-order chi connectivity index (χ1) is 15.0. The van der Waals surface area contributed by atoms with Crippen molar-refractivity contribution in [3.63, 3.8) is 0 Å². The molecule has 1 saturated heterocycles. The first kappa shape index (κ1) is 19.6. The zero-order valence-corrected chi connectivity index (χ0v) is 17.6. The van der Waals surface area contributed by atoms with Gasteiger partial charge in [-0.2, -0.15) is 0 Å². The molecule has 0 radical (unpaired) electrons. The van der Waals surface area contributed by atoms with Gasteiger partial charge in [0, 0.05) is 37.7 Å². The molecule has 2 aromatic heterocycles. The van der Waals surface area contributed by atoms with E-state index in [0.717, 1.165) is 24.2 Å². The number of aryl methyl sites for hydroxylation is 1. The summed E-state index contributed by atoms with van der Waals surface area (Å²) >= 11 is 0. The van der Waals surface area contributed by atoms with Crippen molar-refractivity contribution in [1.82, 2.24) is 19.9 Å². The van der Waals surface area contributed by atoms with Gasteiger partial charge in [0.15, 0.2) is 5.82 Å². The molecule has 7 heteroatoms. The summed E-state index contributed by atoms with van der Waals surface area (Å²) in [5, 5.41) is 0. The Kier molecular flexibility index (Phi) is 4.88. The largest absolute Gasteiger partial charge is 0.355 e. The molecule has 6 nitrogen and oxygen atoms in total. The summed E-state index contributed by atoms with van der Waals surface area (Å²) in [6.07, 6.45) is 7.09. The Morgan fingerprint density at radius 3 is 2.65 bits per heavy atom. The molecule has 2 fully saturated rings. The third-order valence-corrected chi connectivity index (χ3v) is 6.48. The monoisotopic (exact) mass is 417 g/mol. The number of fused-ring (bicyclic) bond motifs is 2. The number of nitrogens with zero attached hydrogens (tertiary/aromatic N) is 5. The van der Waals surface area contributed by atoms with Gasteiger partial charge in [-0.05, 0) is 61.6 Å². The number of likely N-dealkylation sites (N-methyl/N-ethyl adjacent to an activating group) is 1. The van der Waals surface area contributed by atoms with Gasteiger partial charge in [-0.1, -0.05) is 6.07 Å². The highest BCUT2D eigenvalue weighted by atomic mass is 19.1. The van der Waals surface area contributed by atoms with Gasteiger partial charge in [0.2, 0.25) is 0 Å². The molecule has 3 unspecified atom stereocenters. The smallest absolute Gasteiger partial charge is 0.255 e. The lowest BCUT2D eigenvalue weighted by molar-refractivity contribution is 0.0683. The van der Waals surface area contributed by atoms with Gasteiger partial charge in [0.1, 0.15) is 11.6 Å². The van der Waals surface area contributed by atoms with Gasteiger partial charge in [-0.15, -0.1) is 0 Å². The van der Waals surface area contributed by atoms with Crippen molar-refractivity contribution in [3.05, 3.63) is 71.9 Å². The standard InChI is InChI=1S/C24H24FN5O/c1-15-4-7-22(28-13-15)29(2)20-10-16-11-21(20)30(14-16)24(31)19-12-17(25)5-6-18(19)23-26-8-3-9-27-23/h3-9,12-13,16,20-21H,10-11,14H2,1-2H3. The number of anilines is 1. The molecule has 1 aromatic carbocycles. The van der Waals surface area contributed by atoms with E-state index in [9.17, 15) is 9.18 Å². The summed E-state index contributed by atoms with van der Waals surface area (Å²) in [6, 6.07) is 10.3. The maximum absolute atomic E-state index is 14.1. The molecule has 158 valence electrons. The lowest BCUT2D eigenvalue weighted by atomic mass is 10.0. The predicted molar refractivity (Wildman–Crippen MR) is 116 cm³/mol. The number of piperidine rings is 1. The van der Waals surface area contributed by atoms with Gasteiger partial charge in [-0.25, -0.2) is 19.3 Å². The van der Waals surface area contributed by atoms with Crippen LogP contribution in [0.4, 0.5) is 10.2 Å². The maximum atomic E-state index is 14.1. The molecule has 1 aliphatic carbocycles. The second-order valence-corrected chi connectivity index (χ2v) is 8.50. The molecule has 1 saturated carbocycles. The van der Waals surface area contributed by atoms with E-state index in [4.69, 9.17) is 0 Å². The van der Waals surface area contributed by atoms with Crippen LogP contribution in [0.2, 0.25) is 0 Å². The van der Waals surface area contributed by atoms with E-state index >= 15 is 0 Å². The zero-order chi connectivity index (χ0) is 21.5. The van der Waals surface area contributed by atoms with Crippen LogP contribution in [0.5, 0.6) is 0 Å². The number of pyridine rings is 1. The summed E-state index contributed by atoms with van der Waals surface area (Å²) in [7, 11) is 2.04. The summed E-state index contributed by atoms with van der Waals surface area (Å²) in [5.74, 6) is 1.17. The molecule has 5 rings (SSSR count). The third-order valence-electron chi connectivity index (χ3n) is 6.48. The van der Waals surface area contributed by atoms with Gasteiger partial charge in [0.05, 0.1) is 17.6 Å². The van der Waals surface area contributed by atoms with Crippen molar-refractivity contribution >= 4 is 11.7 Å². The molecule has 3 heterocycles. The molecule has 1 amide bonds. The van der Waals surface area contributed by atoms with Gasteiger partial charge in [0.25, 0.3) is 5.91 Å². The van der Waals surface area contributed by atoms with Crippen molar-refractivity contribution < 1.29 is 9.18 Å². The molecule has 1 aliphatic heterocycles. The van der Waals surface area contributed by atoms with E-state index in [1.54, 1.807) is 24.5 Å². The van der Waals surface area contributed by atoms with Gasteiger partial charge >= 0.3 is 0 Å². The number of likely N-dealkylation sites (tertiary alicyclic amines) is 1. The van der Waals surface area contributed by atoms with Gasteiger partial charge < -0.3 is 9.80 Å². The van der Waals surface area contributed by atoms with Crippen LogP contribution in [0.3, 0.4) is 0 Å². The normalized spacial score (nSPS) is 22.0. The number of benzene rings is 1. The number of amides is 1. The summed E-state index contributed by atoms with van der Waals surface area (Å²) in [6.45, 7) is 2.71. The molecule has 3 aromatic rings. The molecule has 31 heavy (non-hydrogen) atoms. The average Bonchev–Trinajstić information content (AvgIpc) is 3.40. The number of hydrogen-bond acceptors (Lipinski definition) is 5. The molecule has 2 aliphatic rings. The molecular weight excluding hydrogens is 393 g/mol. The first-order valence-corrected chi connectivity index (χ1v) is 10.5. The molecule has 0 spiro atoms. The van der Waals surface area contributed by atoms with Crippen molar-refractivity contribution in [2.45, 2.75) is 31.8 Å². The summed E-state index contributed by atoms with van der Waals surface area (Å²) in [4.78, 5) is 30.8. The Morgan fingerprint density at radius 1 is 1.13 bits per heavy atom. The second-order valence-electron chi connectivity index (χ2n) is 8.50. The topological polar surface area (TPSA) is 62.2 Å². The van der Waals surface area contributed by atoms with E-state index in [1.807, 2.05) is 37.2 Å². The molecule has 3 atom stereocenters. The summed E-state index contributed by atoms with van der Waals surface area (Å²) in [5.41, 5.74) is 1.98. The number of carbonyl (C=O) groups is 1. The third kappa shape index (κ3) is 3.54. The fourth-order valence-electron chi connectivity index (χ4n) is 4.96. The second kappa shape index (κ2) is 7.72. The number of hydrogen-bond donors (Lipinski definition) is 0. The van der Waals surface area contributed by atoms with Crippen LogP contribution in [0.15, 0.2) is 55.0 Å². The Hall–Kier alpha value is -3.35. The Labute approximate surface area is 180 Å². The van der Waals surface area contributed by atoms with Crippen LogP contribution in [-0.4, -0.2) is 51.4 Å². The Balaban J connectivity index is 1.45. The minimum atomic E-state index is -0.440. The first-order valence-electron chi connectivity index (χ1n) is 10.5. The lowest BCUT2D eigenvalue weighted by Crippen LogP contribution is -2.51. The van der Waals surface area contributed by atoms with E-state index in [2.05, 4.69) is 19.9 Å². The highest BCUT2D eigenvalue weighted by molar-refractivity contribution is 6.00. The average molecular weight is 417 g/mol. The van der Waals surface area contributed by atoms with Crippen LogP contribution in [0, 0.1) is 18.7 Å². The van der Waals surface area contributed by atoms with Crippen molar-refractivity contribution in [2.75, 3.05) is 18.5 Å². The molecule has 0 N–H and O–H groups in total. The highest BCUT2D eigenvalue weighted by Crippen LogP contribution is 2.42. The quantitative estimate of drug-likeness (QED) is 0.647. The SMILES string of the molecule is Cc1ccc(N(C)C2CC3CC2N(C(=O)c2cc(F)ccc2-c2ncccn2)C3)nc1. The van der Waals surface area contributed by atoms with Crippen LogP contribution in [0.25, 0.3) is 11.4 Å². The minimum Gasteiger partial charge on any atom is -0.355 e. The van der Waals surface area contributed by atoms with E-state index in [-0.39, 0.29) is 18.0 Å². The van der Waals surface area contributed by atoms with Crippen LogP contribution < -0.4 is 4.90 Å². The number of rotatable bonds is 4. The fourth-order valence-corrected chi connectivity index (χ4v) is 4.96.